The van der Waals surface area contributed by atoms with Crippen molar-refractivity contribution in [1.82, 2.24) is 9.97 Å². The van der Waals surface area contributed by atoms with Gasteiger partial charge < -0.3 is 4.98 Å². The lowest BCUT2D eigenvalue weighted by molar-refractivity contribution is 0.602. The molecule has 0 atom stereocenters. The Hall–Kier alpha value is -1.18. The van der Waals surface area contributed by atoms with Crippen molar-refractivity contribution in [3.63, 3.8) is 0 Å². The van der Waals surface area contributed by atoms with Crippen LogP contribution in [0.3, 0.4) is 0 Å². The maximum Gasteiger partial charge on any atom is 0.175 e. The number of fused-ring (bicyclic) bond motifs is 1. The van der Waals surface area contributed by atoms with Gasteiger partial charge in [0.05, 0.1) is 24.6 Å². The van der Waals surface area contributed by atoms with Crippen molar-refractivity contribution in [3.8, 4) is 10.7 Å². The molecule has 0 fully saturated rings. The molecule has 4 nitrogen and oxygen atoms in total. The van der Waals surface area contributed by atoms with E-state index in [0.717, 1.165) is 25.5 Å². The molecule has 0 aliphatic heterocycles. The van der Waals surface area contributed by atoms with Crippen LogP contribution in [0, 0.1) is 0 Å². The van der Waals surface area contributed by atoms with Crippen LogP contribution in [-0.2, 0) is 9.84 Å². The highest BCUT2D eigenvalue weighted by Crippen LogP contribution is 2.31. The number of rotatable bonds is 2. The van der Waals surface area contributed by atoms with Crippen LogP contribution in [0.5, 0.6) is 0 Å². The van der Waals surface area contributed by atoms with E-state index in [2.05, 4.69) is 25.9 Å². The van der Waals surface area contributed by atoms with Gasteiger partial charge in [-0.2, -0.15) is 0 Å². The average molecular weight is 357 g/mol. The molecule has 1 aromatic carbocycles. The number of sulfone groups is 1. The van der Waals surface area contributed by atoms with Crippen molar-refractivity contribution in [2.24, 2.45) is 0 Å². The van der Waals surface area contributed by atoms with Crippen molar-refractivity contribution in [3.05, 3.63) is 34.1 Å². The molecule has 1 N–H and O–H groups in total. The molecule has 3 rings (SSSR count). The molecule has 2 heterocycles. The summed E-state index contributed by atoms with van der Waals surface area (Å²) in [6.45, 7) is 0. The SMILES string of the molecule is CS(=O)(=O)c1ccc2nc(-c3ccc(Br)s3)[nH]c2c1. The average Bonchev–Trinajstić information content (AvgIpc) is 2.92. The number of hydrogen-bond donors (Lipinski definition) is 1. The predicted molar refractivity (Wildman–Crippen MR) is 80.2 cm³/mol. The number of benzene rings is 1. The van der Waals surface area contributed by atoms with Gasteiger partial charge in [0.25, 0.3) is 0 Å². The molecule has 0 bridgehead atoms. The lowest BCUT2D eigenvalue weighted by Gasteiger charge is -1.96. The second-order valence-corrected chi connectivity index (χ2v) is 8.62. The van der Waals surface area contributed by atoms with Crippen LogP contribution in [0.15, 0.2) is 39.0 Å². The zero-order valence-electron chi connectivity index (χ0n) is 9.84. The standard InChI is InChI=1S/C12H9BrN2O2S2/c1-19(16,17)7-2-3-8-9(6-7)15-12(14-8)10-4-5-11(13)18-10/h2-6H,1H3,(H,14,15). The summed E-state index contributed by atoms with van der Waals surface area (Å²) >= 11 is 4.98. The fourth-order valence-corrected chi connectivity index (χ4v) is 3.76. The van der Waals surface area contributed by atoms with Crippen LogP contribution >= 0.6 is 27.3 Å². The minimum atomic E-state index is -3.20. The lowest BCUT2D eigenvalue weighted by Crippen LogP contribution is -1.96. The third kappa shape index (κ3) is 2.45. The van der Waals surface area contributed by atoms with Crippen molar-refractivity contribution < 1.29 is 8.42 Å². The summed E-state index contributed by atoms with van der Waals surface area (Å²) < 4.78 is 24.1. The monoisotopic (exact) mass is 356 g/mol. The van der Waals surface area contributed by atoms with Gasteiger partial charge in [-0.25, -0.2) is 13.4 Å². The third-order valence-electron chi connectivity index (χ3n) is 2.69. The van der Waals surface area contributed by atoms with E-state index in [1.807, 2.05) is 12.1 Å². The van der Waals surface area contributed by atoms with Crippen molar-refractivity contribution in [1.29, 1.82) is 0 Å². The molecule has 0 radical (unpaired) electrons. The molecular formula is C12H9BrN2O2S2. The fraction of sp³-hybridized carbons (Fsp3) is 0.0833. The van der Waals surface area contributed by atoms with E-state index in [4.69, 9.17) is 0 Å². The van der Waals surface area contributed by atoms with E-state index in [-0.39, 0.29) is 0 Å². The minimum Gasteiger partial charge on any atom is -0.337 e. The van der Waals surface area contributed by atoms with Gasteiger partial charge in [0.2, 0.25) is 0 Å². The molecule has 19 heavy (non-hydrogen) atoms. The Balaban J connectivity index is 2.16. The number of aromatic nitrogens is 2. The number of nitrogens with one attached hydrogen (secondary N) is 1. The highest BCUT2D eigenvalue weighted by molar-refractivity contribution is 9.11. The molecule has 98 valence electrons. The number of halogens is 1. The normalized spacial score (nSPS) is 12.1. The Morgan fingerprint density at radius 1 is 1.26 bits per heavy atom. The van der Waals surface area contributed by atoms with Crippen LogP contribution in [0.4, 0.5) is 0 Å². The quantitative estimate of drug-likeness (QED) is 0.764. The van der Waals surface area contributed by atoms with Gasteiger partial charge in [0.15, 0.2) is 9.84 Å². The van der Waals surface area contributed by atoms with Gasteiger partial charge in [0, 0.05) is 6.26 Å². The van der Waals surface area contributed by atoms with Crippen molar-refractivity contribution in [2.75, 3.05) is 6.26 Å². The highest BCUT2D eigenvalue weighted by atomic mass is 79.9. The predicted octanol–water partition coefficient (Wildman–Crippen LogP) is 3.46. The van der Waals surface area contributed by atoms with Gasteiger partial charge >= 0.3 is 0 Å². The van der Waals surface area contributed by atoms with Crippen LogP contribution < -0.4 is 0 Å². The van der Waals surface area contributed by atoms with Crippen LogP contribution in [0.1, 0.15) is 0 Å². The van der Waals surface area contributed by atoms with Gasteiger partial charge in [0.1, 0.15) is 5.82 Å². The van der Waals surface area contributed by atoms with Gasteiger partial charge in [-0.15, -0.1) is 11.3 Å². The van der Waals surface area contributed by atoms with Gasteiger partial charge in [-0.3, -0.25) is 0 Å². The van der Waals surface area contributed by atoms with Crippen molar-refractivity contribution >= 4 is 48.1 Å². The number of hydrogen-bond acceptors (Lipinski definition) is 4. The van der Waals surface area contributed by atoms with E-state index < -0.39 is 9.84 Å². The summed E-state index contributed by atoms with van der Waals surface area (Å²) in [5.41, 5.74) is 1.48. The lowest BCUT2D eigenvalue weighted by atomic mass is 10.3. The van der Waals surface area contributed by atoms with Crippen LogP contribution in [0.2, 0.25) is 0 Å². The van der Waals surface area contributed by atoms with Gasteiger partial charge in [-0.05, 0) is 46.3 Å². The second-order valence-electron chi connectivity index (χ2n) is 4.14. The molecular weight excluding hydrogens is 348 g/mol. The zero-order valence-corrected chi connectivity index (χ0v) is 13.1. The Morgan fingerprint density at radius 2 is 2.05 bits per heavy atom. The van der Waals surface area contributed by atoms with E-state index >= 15 is 0 Å². The number of H-pyrrole nitrogens is 1. The highest BCUT2D eigenvalue weighted by Gasteiger charge is 2.11. The first-order valence-electron chi connectivity index (χ1n) is 5.39. The van der Waals surface area contributed by atoms with Gasteiger partial charge in [-0.1, -0.05) is 0 Å². The van der Waals surface area contributed by atoms with E-state index in [0.29, 0.717) is 4.90 Å². The Bertz CT molecular complexity index is 865. The molecule has 2 aromatic heterocycles. The zero-order chi connectivity index (χ0) is 13.6. The van der Waals surface area contributed by atoms with Crippen LogP contribution in [0.25, 0.3) is 21.7 Å². The summed E-state index contributed by atoms with van der Waals surface area (Å²) in [4.78, 5) is 8.91. The molecule has 7 heteroatoms. The first-order chi connectivity index (χ1) is 8.93. The summed E-state index contributed by atoms with van der Waals surface area (Å²) in [6, 6.07) is 8.82. The van der Waals surface area contributed by atoms with E-state index in [9.17, 15) is 8.42 Å². The van der Waals surface area contributed by atoms with E-state index in [1.165, 1.54) is 6.26 Å². The largest absolute Gasteiger partial charge is 0.337 e. The third-order valence-corrected chi connectivity index (χ3v) is 5.43. The summed E-state index contributed by atoms with van der Waals surface area (Å²) in [6.07, 6.45) is 1.20. The Kier molecular flexibility index (Phi) is 2.99. The molecule has 0 saturated carbocycles. The summed E-state index contributed by atoms with van der Waals surface area (Å²) in [7, 11) is -3.20. The topological polar surface area (TPSA) is 62.8 Å². The number of imidazole rings is 1. The molecule has 0 unspecified atom stereocenters. The van der Waals surface area contributed by atoms with Crippen LogP contribution in [-0.4, -0.2) is 24.6 Å². The Labute approximate surface area is 122 Å². The molecule has 0 aliphatic rings. The van der Waals surface area contributed by atoms with E-state index in [1.54, 1.807) is 29.5 Å². The second kappa shape index (κ2) is 4.43. The number of nitrogens with zero attached hydrogens (tertiary/aromatic N) is 1. The molecule has 3 aromatic rings. The summed E-state index contributed by atoms with van der Waals surface area (Å²) in [5.74, 6) is 0.747. The fourth-order valence-electron chi connectivity index (χ4n) is 1.78. The summed E-state index contributed by atoms with van der Waals surface area (Å²) in [5, 5.41) is 0. The first-order valence-corrected chi connectivity index (χ1v) is 8.89. The minimum absolute atomic E-state index is 0.294. The smallest absolute Gasteiger partial charge is 0.175 e. The molecule has 0 amide bonds. The number of thiophene rings is 1. The maximum absolute atomic E-state index is 11.5. The molecule has 0 aliphatic carbocycles. The Morgan fingerprint density at radius 3 is 2.68 bits per heavy atom. The molecule has 0 spiro atoms. The first kappa shape index (κ1) is 12.8. The maximum atomic E-state index is 11.5. The van der Waals surface area contributed by atoms with Crippen molar-refractivity contribution in [2.45, 2.75) is 4.90 Å². The number of aromatic amines is 1. The molecule has 0 saturated heterocycles.